The second-order valence-electron chi connectivity index (χ2n) is 2.93. The Bertz CT molecular complexity index is 423. The minimum atomic E-state index is -0.571. The Hall–Kier alpha value is -1.07. The molecule has 6 heteroatoms. The zero-order chi connectivity index (χ0) is 10.7. The van der Waals surface area contributed by atoms with Crippen LogP contribution >= 0.6 is 11.6 Å². The molecular weight excluding hydrogens is 208 g/mol. The third-order valence-electron chi connectivity index (χ3n) is 1.82. The molecule has 0 spiro atoms. The van der Waals surface area contributed by atoms with Crippen LogP contribution in [0, 0.1) is 0 Å². The molecule has 0 saturated carbocycles. The van der Waals surface area contributed by atoms with Crippen molar-refractivity contribution in [3.63, 3.8) is 0 Å². The van der Waals surface area contributed by atoms with Gasteiger partial charge < -0.3 is 4.74 Å². The van der Waals surface area contributed by atoms with Crippen molar-refractivity contribution < 1.29 is 4.74 Å². The minimum absolute atomic E-state index is 0.00657. The number of nitrogens with one attached hydrogen (secondary N) is 1. The van der Waals surface area contributed by atoms with Crippen LogP contribution < -0.4 is 11.2 Å². The van der Waals surface area contributed by atoms with Crippen LogP contribution in [0.2, 0.25) is 5.02 Å². The normalized spacial score (nSPS) is 12.8. The fraction of sp³-hybridized carbons (Fsp3) is 0.500. The maximum Gasteiger partial charge on any atom is 0.328 e. The average Bonchev–Trinajstić information content (AvgIpc) is 2.14. The Labute approximate surface area is 85.3 Å². The Balaban J connectivity index is 3.04. The van der Waals surface area contributed by atoms with Crippen LogP contribution in [0.3, 0.4) is 0 Å². The lowest BCUT2D eigenvalue weighted by molar-refractivity contribution is 0.102. The van der Waals surface area contributed by atoms with Crippen molar-refractivity contribution in [3.05, 3.63) is 32.1 Å². The molecule has 0 aromatic carbocycles. The molecule has 0 fully saturated rings. The van der Waals surface area contributed by atoms with Crippen LogP contribution in [-0.2, 0) is 11.3 Å². The van der Waals surface area contributed by atoms with E-state index < -0.39 is 11.2 Å². The van der Waals surface area contributed by atoms with E-state index in [1.54, 1.807) is 7.11 Å². The van der Waals surface area contributed by atoms with Crippen molar-refractivity contribution in [2.24, 2.45) is 0 Å². The van der Waals surface area contributed by atoms with Gasteiger partial charge >= 0.3 is 5.69 Å². The van der Waals surface area contributed by atoms with E-state index in [2.05, 4.69) is 4.98 Å². The fourth-order valence-corrected chi connectivity index (χ4v) is 1.13. The zero-order valence-electron chi connectivity index (χ0n) is 7.91. The van der Waals surface area contributed by atoms with E-state index in [0.29, 0.717) is 6.54 Å². The molecule has 1 heterocycles. The summed E-state index contributed by atoms with van der Waals surface area (Å²) in [5.74, 6) is 0. The molecule has 0 radical (unpaired) electrons. The molecule has 0 aliphatic heterocycles. The van der Waals surface area contributed by atoms with E-state index in [-0.39, 0.29) is 11.1 Å². The maximum atomic E-state index is 11.2. The number of hydrogen-bond acceptors (Lipinski definition) is 3. The Kier molecular flexibility index (Phi) is 3.49. The summed E-state index contributed by atoms with van der Waals surface area (Å²) in [4.78, 5) is 24.3. The predicted octanol–water partition coefficient (Wildman–Crippen LogP) is 0.225. The van der Waals surface area contributed by atoms with Gasteiger partial charge in [-0.1, -0.05) is 11.6 Å². The lowest BCUT2D eigenvalue weighted by Crippen LogP contribution is -2.32. The number of aromatic amines is 1. The summed E-state index contributed by atoms with van der Waals surface area (Å²) in [5.41, 5.74) is -1.05. The number of aromatic nitrogens is 2. The summed E-state index contributed by atoms with van der Waals surface area (Å²) >= 11 is 5.57. The van der Waals surface area contributed by atoms with Gasteiger partial charge in [-0.25, -0.2) is 4.79 Å². The molecule has 0 aliphatic rings. The van der Waals surface area contributed by atoms with Crippen molar-refractivity contribution in [2.75, 3.05) is 7.11 Å². The Morgan fingerprint density at radius 2 is 2.29 bits per heavy atom. The van der Waals surface area contributed by atoms with Crippen LogP contribution in [0.4, 0.5) is 0 Å². The van der Waals surface area contributed by atoms with Gasteiger partial charge in [-0.2, -0.15) is 0 Å². The number of halogens is 1. The molecule has 1 rings (SSSR count). The van der Waals surface area contributed by atoms with Gasteiger partial charge in [0.1, 0.15) is 5.02 Å². The van der Waals surface area contributed by atoms with Crippen molar-refractivity contribution in [2.45, 2.75) is 19.6 Å². The minimum Gasteiger partial charge on any atom is -0.380 e. The highest BCUT2D eigenvalue weighted by Gasteiger charge is 2.05. The number of ether oxygens (including phenoxy) is 1. The monoisotopic (exact) mass is 218 g/mol. The molecule has 14 heavy (non-hydrogen) atoms. The van der Waals surface area contributed by atoms with Gasteiger partial charge in [0.2, 0.25) is 0 Å². The first-order valence-electron chi connectivity index (χ1n) is 4.06. The van der Waals surface area contributed by atoms with E-state index in [9.17, 15) is 9.59 Å². The molecule has 0 saturated heterocycles. The topological polar surface area (TPSA) is 64.1 Å². The lowest BCUT2D eigenvalue weighted by Gasteiger charge is -2.10. The van der Waals surface area contributed by atoms with Gasteiger partial charge in [0.15, 0.2) is 0 Å². The summed E-state index contributed by atoms with van der Waals surface area (Å²) < 4.78 is 6.29. The van der Waals surface area contributed by atoms with Crippen LogP contribution in [-0.4, -0.2) is 22.8 Å². The van der Waals surface area contributed by atoms with Gasteiger partial charge in [-0.15, -0.1) is 0 Å². The highest BCUT2D eigenvalue weighted by molar-refractivity contribution is 6.30. The number of nitrogens with zero attached hydrogens (tertiary/aromatic N) is 1. The largest absolute Gasteiger partial charge is 0.380 e. The molecule has 0 amide bonds. The molecule has 1 unspecified atom stereocenters. The molecule has 0 aliphatic carbocycles. The van der Waals surface area contributed by atoms with Crippen molar-refractivity contribution in [3.8, 4) is 0 Å². The van der Waals surface area contributed by atoms with Gasteiger partial charge in [-0.3, -0.25) is 14.3 Å². The van der Waals surface area contributed by atoms with E-state index >= 15 is 0 Å². The van der Waals surface area contributed by atoms with Crippen LogP contribution in [0.1, 0.15) is 6.92 Å². The molecule has 1 aromatic heterocycles. The highest BCUT2D eigenvalue weighted by Crippen LogP contribution is 1.98. The standard InChI is InChI=1S/C8H11ClN2O3/c1-5(14-2)3-11-4-6(9)7(12)10-8(11)13/h4-5H,3H2,1-2H3,(H,10,12,13). The lowest BCUT2D eigenvalue weighted by atomic mass is 10.4. The summed E-state index contributed by atoms with van der Waals surface area (Å²) in [5, 5.41) is -0.00657. The predicted molar refractivity (Wildman–Crippen MR) is 52.8 cm³/mol. The summed E-state index contributed by atoms with van der Waals surface area (Å²) in [6, 6.07) is 0. The number of methoxy groups -OCH3 is 1. The number of hydrogen-bond donors (Lipinski definition) is 1. The molecule has 1 atom stereocenters. The molecule has 78 valence electrons. The van der Waals surface area contributed by atoms with Gasteiger partial charge in [0.05, 0.1) is 12.6 Å². The maximum absolute atomic E-state index is 11.2. The summed E-state index contributed by atoms with van der Waals surface area (Å²) in [7, 11) is 1.54. The molecule has 1 N–H and O–H groups in total. The third-order valence-corrected chi connectivity index (χ3v) is 2.09. The molecule has 1 aromatic rings. The number of rotatable bonds is 3. The van der Waals surface area contributed by atoms with Crippen LogP contribution in [0.5, 0.6) is 0 Å². The first-order chi connectivity index (χ1) is 6.54. The highest BCUT2D eigenvalue weighted by atomic mass is 35.5. The fourth-order valence-electron chi connectivity index (χ4n) is 0.970. The Morgan fingerprint density at radius 3 is 2.86 bits per heavy atom. The first-order valence-corrected chi connectivity index (χ1v) is 4.44. The summed E-state index contributed by atoms with van der Waals surface area (Å²) in [6.45, 7) is 2.16. The SMILES string of the molecule is COC(C)Cn1cc(Cl)c(=O)[nH]c1=O. The van der Waals surface area contributed by atoms with Gasteiger partial charge in [-0.05, 0) is 6.92 Å². The summed E-state index contributed by atoms with van der Waals surface area (Å²) in [6.07, 6.45) is 1.19. The molecule has 0 bridgehead atoms. The van der Waals surface area contributed by atoms with E-state index in [1.165, 1.54) is 10.8 Å². The van der Waals surface area contributed by atoms with Crippen LogP contribution in [0.25, 0.3) is 0 Å². The van der Waals surface area contributed by atoms with Crippen molar-refractivity contribution in [1.29, 1.82) is 0 Å². The van der Waals surface area contributed by atoms with Crippen LogP contribution in [0.15, 0.2) is 15.8 Å². The molecule has 5 nitrogen and oxygen atoms in total. The average molecular weight is 219 g/mol. The number of H-pyrrole nitrogens is 1. The van der Waals surface area contributed by atoms with E-state index in [4.69, 9.17) is 16.3 Å². The molecular formula is C8H11ClN2O3. The second kappa shape index (κ2) is 4.43. The first kappa shape index (κ1) is 11.0. The van der Waals surface area contributed by atoms with E-state index in [1.807, 2.05) is 6.92 Å². The zero-order valence-corrected chi connectivity index (χ0v) is 8.67. The van der Waals surface area contributed by atoms with Gasteiger partial charge in [0, 0.05) is 13.3 Å². The van der Waals surface area contributed by atoms with Gasteiger partial charge in [0.25, 0.3) is 5.56 Å². The van der Waals surface area contributed by atoms with E-state index in [0.717, 1.165) is 0 Å². The Morgan fingerprint density at radius 1 is 1.64 bits per heavy atom. The third kappa shape index (κ3) is 2.46. The smallest absolute Gasteiger partial charge is 0.328 e. The second-order valence-corrected chi connectivity index (χ2v) is 3.34. The quantitative estimate of drug-likeness (QED) is 0.790. The van der Waals surface area contributed by atoms with Crippen molar-refractivity contribution in [1.82, 2.24) is 9.55 Å². The van der Waals surface area contributed by atoms with Crippen molar-refractivity contribution >= 4 is 11.6 Å².